The van der Waals surface area contributed by atoms with Crippen LogP contribution < -0.4 is 10.1 Å². The Bertz CT molecular complexity index is 989. The van der Waals surface area contributed by atoms with Gasteiger partial charge in [0.15, 0.2) is 0 Å². The van der Waals surface area contributed by atoms with Crippen LogP contribution in [0.3, 0.4) is 0 Å². The number of benzene rings is 2. The molecule has 7 heteroatoms. The number of methoxy groups -OCH3 is 1. The van der Waals surface area contributed by atoms with Crippen LogP contribution in [-0.4, -0.2) is 55.6 Å². The fourth-order valence-corrected chi connectivity index (χ4v) is 3.98. The zero-order valence-electron chi connectivity index (χ0n) is 17.8. The highest BCUT2D eigenvalue weighted by molar-refractivity contribution is 6.01. The smallest absolute Gasteiger partial charge is 0.322 e. The van der Waals surface area contributed by atoms with E-state index in [-0.39, 0.29) is 11.9 Å². The highest BCUT2D eigenvalue weighted by Crippen LogP contribution is 2.36. The van der Waals surface area contributed by atoms with E-state index in [1.165, 1.54) is 4.90 Å². The summed E-state index contributed by atoms with van der Waals surface area (Å²) in [4.78, 5) is 29.1. The van der Waals surface area contributed by atoms with Gasteiger partial charge in [-0.3, -0.25) is 9.69 Å². The predicted molar refractivity (Wildman–Crippen MR) is 116 cm³/mol. The molecule has 0 bridgehead atoms. The summed E-state index contributed by atoms with van der Waals surface area (Å²) in [5.74, 6) is 0.651. The normalized spacial score (nSPS) is 18.3. The molecule has 2 aliphatic rings. The summed E-state index contributed by atoms with van der Waals surface area (Å²) >= 11 is 0. The summed E-state index contributed by atoms with van der Waals surface area (Å²) in [6.07, 6.45) is 0.751. The van der Waals surface area contributed by atoms with Gasteiger partial charge in [-0.25, -0.2) is 4.79 Å². The monoisotopic (exact) mass is 421 g/mol. The molecule has 0 aliphatic carbocycles. The second-order valence-electron chi connectivity index (χ2n) is 7.72. The molecule has 162 valence electrons. The predicted octanol–water partition coefficient (Wildman–Crippen LogP) is 3.09. The van der Waals surface area contributed by atoms with Gasteiger partial charge in [0.2, 0.25) is 0 Å². The molecule has 0 saturated heterocycles. The van der Waals surface area contributed by atoms with Gasteiger partial charge >= 0.3 is 6.03 Å². The summed E-state index contributed by atoms with van der Waals surface area (Å²) in [6.45, 7) is 2.06. The molecule has 2 heterocycles. The van der Waals surface area contributed by atoms with Crippen molar-refractivity contribution in [2.75, 3.05) is 33.9 Å². The molecule has 0 radical (unpaired) electrons. The Kier molecular flexibility index (Phi) is 6.23. The lowest BCUT2D eigenvalue weighted by Gasteiger charge is -2.31. The van der Waals surface area contributed by atoms with Crippen molar-refractivity contribution in [3.05, 3.63) is 77.0 Å². The van der Waals surface area contributed by atoms with Crippen molar-refractivity contribution in [3.8, 4) is 5.75 Å². The largest absolute Gasteiger partial charge is 0.489 e. The standard InChI is InChI=1S/C24H27N3O4/c1-26-20-15-27(12-7-13-30-2)23(28)21(20)22(25-24(26)29)18-10-6-11-19(14-18)31-16-17-8-4-3-5-9-17/h3-6,8-11,14,22H,7,12-13,15-16H2,1-2H3,(H,25,29)/t22-/m0/s1. The molecular weight excluding hydrogens is 394 g/mol. The van der Waals surface area contributed by atoms with Crippen LogP contribution in [0.4, 0.5) is 4.79 Å². The minimum atomic E-state index is -0.501. The number of nitrogens with zero attached hydrogens (tertiary/aromatic N) is 2. The van der Waals surface area contributed by atoms with Gasteiger partial charge < -0.3 is 19.7 Å². The molecule has 7 nitrogen and oxygen atoms in total. The van der Waals surface area contributed by atoms with Crippen LogP contribution in [0.15, 0.2) is 65.9 Å². The number of ether oxygens (including phenoxy) is 2. The fourth-order valence-electron chi connectivity index (χ4n) is 3.98. The maximum absolute atomic E-state index is 13.2. The van der Waals surface area contributed by atoms with E-state index in [2.05, 4.69) is 5.32 Å². The number of nitrogens with one attached hydrogen (secondary N) is 1. The quantitative estimate of drug-likeness (QED) is 0.665. The summed E-state index contributed by atoms with van der Waals surface area (Å²) in [6, 6.07) is 16.8. The number of carbonyl (C=O) groups is 2. The van der Waals surface area contributed by atoms with Gasteiger partial charge in [0.05, 0.1) is 23.9 Å². The van der Waals surface area contributed by atoms with Crippen molar-refractivity contribution in [1.29, 1.82) is 0 Å². The molecule has 1 N–H and O–H groups in total. The summed E-state index contributed by atoms with van der Waals surface area (Å²) in [7, 11) is 3.35. The maximum atomic E-state index is 13.2. The topological polar surface area (TPSA) is 71.1 Å². The number of hydrogen-bond acceptors (Lipinski definition) is 4. The molecule has 0 unspecified atom stereocenters. The average molecular weight is 421 g/mol. The Morgan fingerprint density at radius 3 is 2.68 bits per heavy atom. The van der Waals surface area contributed by atoms with Crippen molar-refractivity contribution in [3.63, 3.8) is 0 Å². The first kappa shape index (κ1) is 20.9. The first-order chi connectivity index (χ1) is 15.1. The van der Waals surface area contributed by atoms with Crippen LogP contribution in [0.1, 0.15) is 23.6 Å². The van der Waals surface area contributed by atoms with Crippen LogP contribution in [0.5, 0.6) is 5.75 Å². The van der Waals surface area contributed by atoms with Crippen molar-refractivity contribution in [2.24, 2.45) is 0 Å². The van der Waals surface area contributed by atoms with Gasteiger partial charge in [-0.1, -0.05) is 42.5 Å². The van der Waals surface area contributed by atoms with Gasteiger partial charge in [-0.2, -0.15) is 0 Å². The van der Waals surface area contributed by atoms with Crippen LogP contribution >= 0.6 is 0 Å². The van der Waals surface area contributed by atoms with Crippen LogP contribution in [-0.2, 0) is 16.1 Å². The van der Waals surface area contributed by atoms with E-state index in [4.69, 9.17) is 9.47 Å². The third kappa shape index (κ3) is 4.41. The molecule has 2 aromatic rings. The van der Waals surface area contributed by atoms with Crippen molar-refractivity contribution in [2.45, 2.75) is 19.1 Å². The molecule has 2 aromatic carbocycles. The van der Waals surface area contributed by atoms with Gasteiger partial charge in [0, 0.05) is 27.3 Å². The first-order valence-electron chi connectivity index (χ1n) is 10.4. The molecular formula is C24H27N3O4. The van der Waals surface area contributed by atoms with Gasteiger partial charge in [-0.15, -0.1) is 0 Å². The Morgan fingerprint density at radius 1 is 1.10 bits per heavy atom. The molecule has 0 spiro atoms. The minimum Gasteiger partial charge on any atom is -0.489 e. The number of likely N-dealkylation sites (N-methyl/N-ethyl adjacent to an activating group) is 1. The Morgan fingerprint density at radius 2 is 1.90 bits per heavy atom. The SMILES string of the molecule is COCCCN1CC2=C(C1=O)[C@H](c1cccc(OCc3ccccc3)c1)NC(=O)N2C. The van der Waals surface area contributed by atoms with E-state index >= 15 is 0 Å². The van der Waals surface area contributed by atoms with Gasteiger partial charge in [0.25, 0.3) is 5.91 Å². The molecule has 0 fully saturated rings. The number of hydrogen-bond donors (Lipinski definition) is 1. The van der Waals surface area contributed by atoms with Crippen molar-refractivity contribution in [1.82, 2.24) is 15.1 Å². The summed E-state index contributed by atoms with van der Waals surface area (Å²) < 4.78 is 11.1. The molecule has 31 heavy (non-hydrogen) atoms. The number of amides is 3. The number of urea groups is 1. The lowest BCUT2D eigenvalue weighted by Crippen LogP contribution is -2.45. The molecule has 3 amide bonds. The van der Waals surface area contributed by atoms with E-state index in [0.717, 1.165) is 23.2 Å². The third-order valence-corrected chi connectivity index (χ3v) is 5.65. The Balaban J connectivity index is 1.55. The molecule has 0 aromatic heterocycles. The highest BCUT2D eigenvalue weighted by atomic mass is 16.5. The fraction of sp³-hybridized carbons (Fsp3) is 0.333. The lowest BCUT2D eigenvalue weighted by molar-refractivity contribution is -0.125. The maximum Gasteiger partial charge on any atom is 0.322 e. The van der Waals surface area contributed by atoms with E-state index < -0.39 is 6.04 Å². The van der Waals surface area contributed by atoms with Gasteiger partial charge in [-0.05, 0) is 29.7 Å². The molecule has 1 atom stereocenters. The highest BCUT2D eigenvalue weighted by Gasteiger charge is 2.42. The minimum absolute atomic E-state index is 0.0430. The zero-order valence-corrected chi connectivity index (χ0v) is 17.8. The number of rotatable bonds is 8. The van der Waals surface area contributed by atoms with Crippen molar-refractivity contribution >= 4 is 11.9 Å². The summed E-state index contributed by atoms with van der Waals surface area (Å²) in [5.41, 5.74) is 3.28. The van der Waals surface area contributed by atoms with E-state index in [0.29, 0.717) is 37.6 Å². The van der Waals surface area contributed by atoms with E-state index in [9.17, 15) is 9.59 Å². The van der Waals surface area contributed by atoms with E-state index in [1.54, 1.807) is 19.1 Å². The van der Waals surface area contributed by atoms with E-state index in [1.807, 2.05) is 54.6 Å². The van der Waals surface area contributed by atoms with Crippen LogP contribution in [0.2, 0.25) is 0 Å². The molecule has 0 saturated carbocycles. The van der Waals surface area contributed by atoms with Crippen LogP contribution in [0, 0.1) is 0 Å². The Labute approximate surface area is 182 Å². The second-order valence-corrected chi connectivity index (χ2v) is 7.72. The molecule has 2 aliphatic heterocycles. The average Bonchev–Trinajstić information content (AvgIpc) is 3.12. The summed E-state index contributed by atoms with van der Waals surface area (Å²) in [5, 5.41) is 2.97. The Hall–Kier alpha value is -3.32. The molecule has 4 rings (SSSR count). The third-order valence-electron chi connectivity index (χ3n) is 5.65. The number of carbonyl (C=O) groups excluding carboxylic acids is 2. The first-order valence-corrected chi connectivity index (χ1v) is 10.4. The van der Waals surface area contributed by atoms with Gasteiger partial charge in [0.1, 0.15) is 12.4 Å². The lowest BCUT2D eigenvalue weighted by atomic mass is 9.95. The van der Waals surface area contributed by atoms with Crippen molar-refractivity contribution < 1.29 is 19.1 Å². The van der Waals surface area contributed by atoms with Crippen LogP contribution in [0.25, 0.3) is 0 Å². The zero-order chi connectivity index (χ0) is 21.8. The second kappa shape index (κ2) is 9.22.